The Hall–Kier alpha value is -3.28. The summed E-state index contributed by atoms with van der Waals surface area (Å²) in [5.74, 6) is 0.573. The molecule has 0 aliphatic carbocycles. The minimum Gasteiger partial charge on any atom is -0.494 e. The quantitative estimate of drug-likeness (QED) is 0.577. The molecule has 1 aromatic heterocycles. The van der Waals surface area contributed by atoms with Crippen LogP contribution in [0.2, 0.25) is 0 Å². The van der Waals surface area contributed by atoms with Crippen LogP contribution in [0.25, 0.3) is 6.08 Å². The fourth-order valence-electron chi connectivity index (χ4n) is 2.97. The predicted octanol–water partition coefficient (Wildman–Crippen LogP) is 3.55. The van der Waals surface area contributed by atoms with E-state index >= 15 is 0 Å². The Morgan fingerprint density at radius 3 is 2.56 bits per heavy atom. The number of furan rings is 1. The van der Waals surface area contributed by atoms with Gasteiger partial charge in [0.2, 0.25) is 0 Å². The zero-order valence-corrected chi connectivity index (χ0v) is 15.5. The van der Waals surface area contributed by atoms with Gasteiger partial charge in [-0.2, -0.15) is 0 Å². The van der Waals surface area contributed by atoms with Gasteiger partial charge >= 0.3 is 5.97 Å². The first-order chi connectivity index (χ1) is 13.0. The van der Waals surface area contributed by atoms with Crippen molar-refractivity contribution < 1.29 is 23.5 Å². The average molecular weight is 367 g/mol. The molecule has 1 aliphatic heterocycles. The van der Waals surface area contributed by atoms with E-state index in [1.54, 1.807) is 31.4 Å². The Bertz CT molecular complexity index is 891. The molecule has 0 saturated heterocycles. The Morgan fingerprint density at radius 2 is 1.96 bits per heavy atom. The van der Waals surface area contributed by atoms with Crippen LogP contribution in [0.1, 0.15) is 25.2 Å². The van der Waals surface area contributed by atoms with Crippen LogP contribution in [0.3, 0.4) is 0 Å². The molecule has 0 fully saturated rings. The van der Waals surface area contributed by atoms with Crippen LogP contribution in [-0.4, -0.2) is 30.5 Å². The molecular weight excluding hydrogens is 346 g/mol. The van der Waals surface area contributed by atoms with E-state index in [0.29, 0.717) is 23.6 Å². The number of amides is 1. The molecule has 0 radical (unpaired) electrons. The first-order valence-corrected chi connectivity index (χ1v) is 8.63. The van der Waals surface area contributed by atoms with E-state index in [2.05, 4.69) is 0 Å². The third-order valence-corrected chi connectivity index (χ3v) is 4.30. The first-order valence-electron chi connectivity index (χ1n) is 8.63. The fraction of sp³-hybridized carbons (Fsp3) is 0.238. The largest absolute Gasteiger partial charge is 0.494 e. The molecule has 1 amide bonds. The highest BCUT2D eigenvalue weighted by Gasteiger charge is 2.37. The molecule has 2 heterocycles. The molecule has 0 atom stereocenters. The SMILES string of the molecule is CCOc1ccc(/C=C2\C(=O)N(Cc3ccco3)C(C)=C2C(=O)OC)cc1. The standard InChI is InChI=1S/C21H21NO5/c1-4-26-16-9-7-15(8-10-16)12-18-19(21(24)25-3)14(2)22(20(18)23)13-17-6-5-11-27-17/h5-12H,4,13H2,1-3H3/b18-12-. The average Bonchev–Trinajstić information content (AvgIpc) is 3.26. The van der Waals surface area contributed by atoms with E-state index in [9.17, 15) is 9.59 Å². The van der Waals surface area contributed by atoms with Crippen LogP contribution in [0.4, 0.5) is 0 Å². The summed E-state index contributed by atoms with van der Waals surface area (Å²) in [5, 5.41) is 0. The number of hydrogen-bond donors (Lipinski definition) is 0. The molecule has 6 nitrogen and oxygen atoms in total. The topological polar surface area (TPSA) is 69.0 Å². The minimum atomic E-state index is -0.542. The van der Waals surface area contributed by atoms with Gasteiger partial charge in [-0.05, 0) is 49.8 Å². The van der Waals surface area contributed by atoms with Crippen LogP contribution in [0.5, 0.6) is 5.75 Å². The third kappa shape index (κ3) is 3.79. The van der Waals surface area contributed by atoms with Gasteiger partial charge in [0.05, 0.1) is 37.7 Å². The van der Waals surface area contributed by atoms with Crippen molar-refractivity contribution in [1.82, 2.24) is 4.90 Å². The molecular formula is C21H21NO5. The molecule has 0 N–H and O–H groups in total. The van der Waals surface area contributed by atoms with Gasteiger partial charge in [0.1, 0.15) is 11.5 Å². The summed E-state index contributed by atoms with van der Waals surface area (Å²) in [5.41, 5.74) is 1.90. The fourth-order valence-corrected chi connectivity index (χ4v) is 2.97. The van der Waals surface area contributed by atoms with Crippen molar-refractivity contribution in [1.29, 1.82) is 0 Å². The van der Waals surface area contributed by atoms with Gasteiger partial charge < -0.3 is 18.8 Å². The highest BCUT2D eigenvalue weighted by molar-refractivity contribution is 6.16. The summed E-state index contributed by atoms with van der Waals surface area (Å²) in [6, 6.07) is 10.9. The molecule has 6 heteroatoms. The van der Waals surface area contributed by atoms with Crippen molar-refractivity contribution in [3.8, 4) is 5.75 Å². The van der Waals surface area contributed by atoms with E-state index in [0.717, 1.165) is 11.3 Å². The molecule has 140 valence electrons. The molecule has 3 rings (SSSR count). The number of nitrogens with zero attached hydrogens (tertiary/aromatic N) is 1. The number of hydrogen-bond acceptors (Lipinski definition) is 5. The van der Waals surface area contributed by atoms with Crippen LogP contribution in [0.15, 0.2) is 63.9 Å². The second kappa shape index (κ2) is 7.95. The summed E-state index contributed by atoms with van der Waals surface area (Å²) in [4.78, 5) is 26.8. The molecule has 0 saturated carbocycles. The van der Waals surface area contributed by atoms with Crippen molar-refractivity contribution in [3.05, 3.63) is 70.8 Å². The zero-order valence-electron chi connectivity index (χ0n) is 15.5. The molecule has 27 heavy (non-hydrogen) atoms. The number of ether oxygens (including phenoxy) is 2. The number of carbonyl (C=O) groups excluding carboxylic acids is 2. The van der Waals surface area contributed by atoms with E-state index in [-0.39, 0.29) is 18.0 Å². The second-order valence-electron chi connectivity index (χ2n) is 5.98. The molecule has 2 aromatic rings. The number of esters is 1. The predicted molar refractivity (Wildman–Crippen MR) is 99.6 cm³/mol. The van der Waals surface area contributed by atoms with Crippen LogP contribution < -0.4 is 4.74 Å². The van der Waals surface area contributed by atoms with Crippen LogP contribution in [0, 0.1) is 0 Å². The van der Waals surface area contributed by atoms with Gasteiger partial charge in [0, 0.05) is 5.70 Å². The number of carbonyl (C=O) groups is 2. The van der Waals surface area contributed by atoms with Crippen molar-refractivity contribution in [2.24, 2.45) is 0 Å². The highest BCUT2D eigenvalue weighted by atomic mass is 16.5. The lowest BCUT2D eigenvalue weighted by molar-refractivity contribution is -0.136. The number of methoxy groups -OCH3 is 1. The van der Waals surface area contributed by atoms with E-state index in [4.69, 9.17) is 13.9 Å². The van der Waals surface area contributed by atoms with Crippen molar-refractivity contribution in [2.75, 3.05) is 13.7 Å². The lowest BCUT2D eigenvalue weighted by Gasteiger charge is -2.16. The highest BCUT2D eigenvalue weighted by Crippen LogP contribution is 2.33. The van der Waals surface area contributed by atoms with E-state index in [1.165, 1.54) is 12.0 Å². The van der Waals surface area contributed by atoms with Gasteiger partial charge in [-0.3, -0.25) is 4.79 Å². The van der Waals surface area contributed by atoms with Crippen molar-refractivity contribution in [3.63, 3.8) is 0 Å². The summed E-state index contributed by atoms with van der Waals surface area (Å²) >= 11 is 0. The summed E-state index contributed by atoms with van der Waals surface area (Å²) in [6.07, 6.45) is 3.24. The smallest absolute Gasteiger partial charge is 0.340 e. The van der Waals surface area contributed by atoms with Gasteiger partial charge in [-0.1, -0.05) is 12.1 Å². The van der Waals surface area contributed by atoms with Crippen LogP contribution in [-0.2, 0) is 20.9 Å². The van der Waals surface area contributed by atoms with Gasteiger partial charge in [-0.15, -0.1) is 0 Å². The number of rotatable bonds is 6. The number of allylic oxidation sites excluding steroid dienone is 1. The zero-order chi connectivity index (χ0) is 19.4. The Balaban J connectivity index is 1.96. The first kappa shape index (κ1) is 18.5. The number of benzene rings is 1. The van der Waals surface area contributed by atoms with Gasteiger partial charge in [0.15, 0.2) is 0 Å². The maximum absolute atomic E-state index is 13.0. The molecule has 1 aromatic carbocycles. The molecule has 0 spiro atoms. The monoisotopic (exact) mass is 367 g/mol. The maximum Gasteiger partial charge on any atom is 0.340 e. The Labute approximate surface area is 157 Å². The third-order valence-electron chi connectivity index (χ3n) is 4.30. The Kier molecular flexibility index (Phi) is 5.45. The molecule has 0 bridgehead atoms. The van der Waals surface area contributed by atoms with E-state index in [1.807, 2.05) is 31.2 Å². The normalized spacial score (nSPS) is 15.6. The lowest BCUT2D eigenvalue weighted by atomic mass is 10.0. The van der Waals surface area contributed by atoms with Crippen molar-refractivity contribution in [2.45, 2.75) is 20.4 Å². The van der Waals surface area contributed by atoms with E-state index < -0.39 is 5.97 Å². The summed E-state index contributed by atoms with van der Waals surface area (Å²) in [6.45, 7) is 4.47. The van der Waals surface area contributed by atoms with Gasteiger partial charge in [0.25, 0.3) is 5.91 Å². The minimum absolute atomic E-state index is 0.249. The van der Waals surface area contributed by atoms with Gasteiger partial charge in [-0.25, -0.2) is 4.79 Å². The molecule has 0 unspecified atom stereocenters. The summed E-state index contributed by atoms with van der Waals surface area (Å²) in [7, 11) is 1.30. The van der Waals surface area contributed by atoms with Crippen molar-refractivity contribution >= 4 is 18.0 Å². The Morgan fingerprint density at radius 1 is 1.22 bits per heavy atom. The van der Waals surface area contributed by atoms with Crippen LogP contribution >= 0.6 is 0 Å². The molecule has 1 aliphatic rings. The lowest BCUT2D eigenvalue weighted by Crippen LogP contribution is -2.24. The second-order valence-corrected chi connectivity index (χ2v) is 5.98. The summed E-state index contributed by atoms with van der Waals surface area (Å²) < 4.78 is 15.7. The maximum atomic E-state index is 13.0.